The van der Waals surface area contributed by atoms with Crippen LogP contribution in [0.3, 0.4) is 0 Å². The van der Waals surface area contributed by atoms with Gasteiger partial charge in [-0.05, 0) is 24.6 Å². The Bertz CT molecular complexity index is 567. The van der Waals surface area contributed by atoms with Gasteiger partial charge in [-0.1, -0.05) is 18.2 Å². The fourth-order valence-corrected chi connectivity index (χ4v) is 2.36. The Morgan fingerprint density at radius 1 is 1.44 bits per heavy atom. The van der Waals surface area contributed by atoms with E-state index in [4.69, 9.17) is 16.0 Å². The van der Waals surface area contributed by atoms with Gasteiger partial charge < -0.3 is 9.73 Å². The zero-order chi connectivity index (χ0) is 13.1. The highest BCUT2D eigenvalue weighted by Crippen LogP contribution is 2.29. The van der Waals surface area contributed by atoms with Crippen LogP contribution in [-0.4, -0.2) is 22.3 Å². The molecule has 0 aliphatic carbocycles. The first kappa shape index (κ1) is 13.6. The van der Waals surface area contributed by atoms with E-state index in [0.29, 0.717) is 18.3 Å². The summed E-state index contributed by atoms with van der Waals surface area (Å²) >= 11 is 6.08. The summed E-state index contributed by atoms with van der Waals surface area (Å²) in [6.45, 7) is 3.27. The molecule has 1 aromatic heterocycles. The Morgan fingerprint density at radius 3 is 2.89 bits per heavy atom. The molecule has 0 saturated carbocycles. The van der Waals surface area contributed by atoms with E-state index in [9.17, 15) is 4.21 Å². The van der Waals surface area contributed by atoms with Crippen LogP contribution in [0.1, 0.15) is 12.5 Å². The molecule has 0 amide bonds. The molecule has 18 heavy (non-hydrogen) atoms. The van der Waals surface area contributed by atoms with Gasteiger partial charge in [0.2, 0.25) is 0 Å². The number of benzene rings is 1. The van der Waals surface area contributed by atoms with E-state index >= 15 is 0 Å². The summed E-state index contributed by atoms with van der Waals surface area (Å²) in [5.74, 6) is 0. The fourth-order valence-electron chi connectivity index (χ4n) is 1.75. The van der Waals surface area contributed by atoms with Crippen molar-refractivity contribution in [3.05, 3.63) is 35.0 Å². The second kappa shape index (κ2) is 5.87. The molecule has 98 valence electrons. The van der Waals surface area contributed by atoms with Crippen LogP contribution < -0.4 is 5.32 Å². The van der Waals surface area contributed by atoms with E-state index in [-0.39, 0.29) is 5.25 Å². The van der Waals surface area contributed by atoms with Crippen LogP contribution in [0.4, 0.5) is 0 Å². The highest BCUT2D eigenvalue weighted by Gasteiger charge is 2.12. The van der Waals surface area contributed by atoms with Gasteiger partial charge >= 0.3 is 0 Å². The first-order valence-electron chi connectivity index (χ1n) is 5.78. The number of para-hydroxylation sites is 1. The van der Waals surface area contributed by atoms with Gasteiger partial charge in [0.25, 0.3) is 0 Å². The summed E-state index contributed by atoms with van der Waals surface area (Å²) in [6, 6.07) is 7.76. The number of fused-ring (bicyclic) bond motifs is 1. The zero-order valence-corrected chi connectivity index (χ0v) is 12.0. The third-order valence-electron chi connectivity index (χ3n) is 2.95. The molecule has 2 unspecified atom stereocenters. The standard InChI is InChI=1S/C13H16ClNO2S/c1-9(18(2)16)7-15-8-11-10-5-3-4-6-12(10)17-13(11)14/h3-6,9,15H,7-8H2,1-2H3. The second-order valence-electron chi connectivity index (χ2n) is 4.29. The van der Waals surface area contributed by atoms with Crippen LogP contribution in [0, 0.1) is 0 Å². The minimum absolute atomic E-state index is 0.127. The summed E-state index contributed by atoms with van der Waals surface area (Å²) < 4.78 is 16.7. The number of furan rings is 1. The van der Waals surface area contributed by atoms with Crippen LogP contribution in [0.5, 0.6) is 0 Å². The molecule has 1 N–H and O–H groups in total. The Kier molecular flexibility index (Phi) is 4.43. The highest BCUT2D eigenvalue weighted by molar-refractivity contribution is 7.84. The van der Waals surface area contributed by atoms with Crippen LogP contribution >= 0.6 is 11.6 Å². The van der Waals surface area contributed by atoms with Crippen molar-refractivity contribution in [1.29, 1.82) is 0 Å². The molecule has 1 heterocycles. The van der Waals surface area contributed by atoms with E-state index in [1.807, 2.05) is 31.2 Å². The normalized spacial score (nSPS) is 14.8. The molecule has 0 aliphatic rings. The maximum atomic E-state index is 11.2. The van der Waals surface area contributed by atoms with Crippen molar-refractivity contribution in [2.75, 3.05) is 12.8 Å². The SMILES string of the molecule is CC(CNCc1c(Cl)oc2ccccc12)S(C)=O. The quantitative estimate of drug-likeness (QED) is 0.918. The Balaban J connectivity index is 2.08. The van der Waals surface area contributed by atoms with Crippen molar-refractivity contribution in [3.8, 4) is 0 Å². The number of hydrogen-bond acceptors (Lipinski definition) is 3. The largest absolute Gasteiger partial charge is 0.444 e. The predicted octanol–water partition coefficient (Wildman–Crippen LogP) is 2.94. The molecule has 1 aromatic carbocycles. The van der Waals surface area contributed by atoms with Crippen LogP contribution in [0.15, 0.2) is 28.7 Å². The fraction of sp³-hybridized carbons (Fsp3) is 0.385. The molecule has 0 fully saturated rings. The lowest BCUT2D eigenvalue weighted by Gasteiger charge is -2.09. The lowest BCUT2D eigenvalue weighted by molar-refractivity contribution is 0.602. The van der Waals surface area contributed by atoms with Crippen molar-refractivity contribution >= 4 is 33.4 Å². The predicted molar refractivity (Wildman–Crippen MR) is 76.5 cm³/mol. The van der Waals surface area contributed by atoms with Gasteiger partial charge in [0.15, 0.2) is 5.22 Å². The first-order valence-corrected chi connectivity index (χ1v) is 7.78. The molecule has 0 saturated heterocycles. The summed E-state index contributed by atoms with van der Waals surface area (Å²) in [4.78, 5) is 0. The van der Waals surface area contributed by atoms with E-state index in [2.05, 4.69) is 5.32 Å². The van der Waals surface area contributed by atoms with Crippen molar-refractivity contribution < 1.29 is 8.63 Å². The van der Waals surface area contributed by atoms with Crippen LogP contribution in [0.2, 0.25) is 5.22 Å². The topological polar surface area (TPSA) is 42.2 Å². The van der Waals surface area contributed by atoms with Gasteiger partial charge in [0, 0.05) is 46.3 Å². The number of hydrogen-bond donors (Lipinski definition) is 1. The van der Waals surface area contributed by atoms with Crippen LogP contribution in [-0.2, 0) is 17.3 Å². The summed E-state index contributed by atoms with van der Waals surface area (Å²) in [7, 11) is -0.810. The Labute approximate surface area is 114 Å². The minimum Gasteiger partial charge on any atom is -0.444 e. The van der Waals surface area contributed by atoms with Gasteiger partial charge in [-0.3, -0.25) is 4.21 Å². The first-order chi connectivity index (χ1) is 8.59. The summed E-state index contributed by atoms with van der Waals surface area (Å²) in [5.41, 5.74) is 1.76. The van der Waals surface area contributed by atoms with E-state index < -0.39 is 10.8 Å². The summed E-state index contributed by atoms with van der Waals surface area (Å²) in [5, 5.41) is 4.84. The number of halogens is 1. The molecular formula is C13H16ClNO2S. The molecule has 0 aliphatic heterocycles. The van der Waals surface area contributed by atoms with Gasteiger partial charge in [-0.2, -0.15) is 0 Å². The van der Waals surface area contributed by atoms with Crippen molar-refractivity contribution in [1.82, 2.24) is 5.32 Å². The molecule has 0 radical (unpaired) electrons. The lowest BCUT2D eigenvalue weighted by atomic mass is 10.2. The average molecular weight is 286 g/mol. The van der Waals surface area contributed by atoms with Crippen molar-refractivity contribution in [3.63, 3.8) is 0 Å². The smallest absolute Gasteiger partial charge is 0.199 e. The minimum atomic E-state index is -0.810. The molecule has 0 bridgehead atoms. The maximum Gasteiger partial charge on any atom is 0.199 e. The second-order valence-corrected chi connectivity index (χ2v) is 6.44. The highest BCUT2D eigenvalue weighted by atomic mass is 35.5. The molecule has 2 aromatic rings. The molecule has 3 nitrogen and oxygen atoms in total. The van der Waals surface area contributed by atoms with Gasteiger partial charge in [0.05, 0.1) is 0 Å². The van der Waals surface area contributed by atoms with E-state index in [1.165, 1.54) is 0 Å². The summed E-state index contributed by atoms with van der Waals surface area (Å²) in [6.07, 6.45) is 1.71. The molecule has 2 rings (SSSR count). The maximum absolute atomic E-state index is 11.2. The third-order valence-corrected chi connectivity index (χ3v) is 4.55. The van der Waals surface area contributed by atoms with Gasteiger partial charge in [0.1, 0.15) is 5.58 Å². The monoisotopic (exact) mass is 285 g/mol. The Morgan fingerprint density at radius 2 is 2.17 bits per heavy atom. The van der Waals surface area contributed by atoms with E-state index in [1.54, 1.807) is 6.26 Å². The van der Waals surface area contributed by atoms with Gasteiger partial charge in [-0.25, -0.2) is 0 Å². The number of rotatable bonds is 5. The van der Waals surface area contributed by atoms with E-state index in [0.717, 1.165) is 16.5 Å². The molecule has 5 heteroatoms. The van der Waals surface area contributed by atoms with Gasteiger partial charge in [-0.15, -0.1) is 0 Å². The lowest BCUT2D eigenvalue weighted by Crippen LogP contribution is -2.27. The molecular weight excluding hydrogens is 270 g/mol. The molecule has 2 atom stereocenters. The molecule has 0 spiro atoms. The van der Waals surface area contributed by atoms with Crippen LogP contribution in [0.25, 0.3) is 11.0 Å². The zero-order valence-electron chi connectivity index (χ0n) is 10.4. The number of nitrogens with one attached hydrogen (secondary N) is 1. The third kappa shape index (κ3) is 2.94. The Hall–Kier alpha value is -0.840. The van der Waals surface area contributed by atoms with Crippen molar-refractivity contribution in [2.45, 2.75) is 18.7 Å². The average Bonchev–Trinajstić information content (AvgIpc) is 2.65. The van der Waals surface area contributed by atoms with Crippen molar-refractivity contribution in [2.24, 2.45) is 0 Å².